The highest BCUT2D eigenvalue weighted by molar-refractivity contribution is 5.86. The van der Waals surface area contributed by atoms with Crippen molar-refractivity contribution in [1.82, 2.24) is 4.90 Å². The highest BCUT2D eigenvalue weighted by atomic mass is 16.6. The van der Waals surface area contributed by atoms with Gasteiger partial charge in [-0.1, -0.05) is 6.08 Å². The first-order valence-corrected chi connectivity index (χ1v) is 6.12. The molecule has 1 atom stereocenters. The van der Waals surface area contributed by atoms with E-state index in [0.29, 0.717) is 6.54 Å². The number of carboxylic acids is 1. The van der Waals surface area contributed by atoms with E-state index in [0.717, 1.165) is 12.8 Å². The zero-order valence-electron chi connectivity index (χ0n) is 11.4. The summed E-state index contributed by atoms with van der Waals surface area (Å²) in [4.78, 5) is 24.3. The van der Waals surface area contributed by atoms with Gasteiger partial charge in [0.2, 0.25) is 0 Å². The molecule has 0 aromatic heterocycles. The number of nitrogens with zero attached hydrogens (tertiary/aromatic N) is 1. The van der Waals surface area contributed by atoms with Crippen molar-refractivity contribution in [1.29, 1.82) is 0 Å². The number of hydrogen-bond acceptors (Lipinski definition) is 3. The summed E-state index contributed by atoms with van der Waals surface area (Å²) >= 11 is 0. The quantitative estimate of drug-likeness (QED) is 0.769. The zero-order chi connectivity index (χ0) is 13.9. The minimum absolute atomic E-state index is 0.170. The van der Waals surface area contributed by atoms with Crippen molar-refractivity contribution in [3.63, 3.8) is 0 Å². The molecule has 1 heterocycles. The molecule has 0 aromatic carbocycles. The molecule has 1 amide bonds. The summed E-state index contributed by atoms with van der Waals surface area (Å²) in [7, 11) is 0. The number of aliphatic carboxylic acids is 1. The van der Waals surface area contributed by atoms with Crippen LogP contribution in [-0.4, -0.2) is 40.3 Å². The maximum atomic E-state index is 11.9. The van der Waals surface area contributed by atoms with E-state index < -0.39 is 11.6 Å². The van der Waals surface area contributed by atoms with Gasteiger partial charge in [-0.2, -0.15) is 0 Å². The van der Waals surface area contributed by atoms with Gasteiger partial charge in [0.05, 0.1) is 6.04 Å². The minimum Gasteiger partial charge on any atom is -0.478 e. The summed E-state index contributed by atoms with van der Waals surface area (Å²) in [5, 5.41) is 8.85. The smallest absolute Gasteiger partial charge is 0.410 e. The third-order valence-electron chi connectivity index (χ3n) is 2.71. The normalized spacial score (nSPS) is 21.0. The number of hydrogen-bond donors (Lipinski definition) is 1. The Hall–Kier alpha value is -1.52. The molecule has 1 N–H and O–H groups in total. The first-order chi connectivity index (χ1) is 8.20. The zero-order valence-corrected chi connectivity index (χ0v) is 11.4. The standard InChI is InChI=1S/C13H21NO4/c1-9(11(15)16)8-10-6-5-7-14(10)12(17)18-13(2,3)4/h8,10H,5-7H2,1-4H3,(H,15,16)/b9-8+. The SMILES string of the molecule is C/C(=C\C1CCCN1C(=O)OC(C)(C)C)C(=O)O. The Balaban J connectivity index is 2.74. The minimum atomic E-state index is -0.953. The molecule has 5 nitrogen and oxygen atoms in total. The molecule has 0 radical (unpaired) electrons. The van der Waals surface area contributed by atoms with Crippen LogP contribution in [0.5, 0.6) is 0 Å². The number of amides is 1. The van der Waals surface area contributed by atoms with Crippen LogP contribution in [0.25, 0.3) is 0 Å². The molecule has 1 aliphatic rings. The second-order valence-corrected chi connectivity index (χ2v) is 5.54. The first-order valence-electron chi connectivity index (χ1n) is 6.12. The Morgan fingerprint density at radius 3 is 2.50 bits per heavy atom. The fourth-order valence-electron chi connectivity index (χ4n) is 1.87. The topological polar surface area (TPSA) is 66.8 Å². The van der Waals surface area contributed by atoms with E-state index in [-0.39, 0.29) is 17.7 Å². The van der Waals surface area contributed by atoms with Gasteiger partial charge >= 0.3 is 12.1 Å². The fraction of sp³-hybridized carbons (Fsp3) is 0.692. The Morgan fingerprint density at radius 2 is 2.00 bits per heavy atom. The number of rotatable bonds is 2. The van der Waals surface area contributed by atoms with E-state index >= 15 is 0 Å². The molecule has 0 bridgehead atoms. The van der Waals surface area contributed by atoms with Crippen molar-refractivity contribution in [3.8, 4) is 0 Å². The molecule has 0 aromatic rings. The molecule has 1 rings (SSSR count). The molecule has 1 aliphatic heterocycles. The lowest BCUT2D eigenvalue weighted by atomic mass is 10.1. The number of ether oxygens (including phenoxy) is 1. The number of carbonyl (C=O) groups is 2. The van der Waals surface area contributed by atoms with Gasteiger partial charge in [0.25, 0.3) is 0 Å². The van der Waals surface area contributed by atoms with Crippen LogP contribution in [0.1, 0.15) is 40.5 Å². The first kappa shape index (κ1) is 14.5. The van der Waals surface area contributed by atoms with Crippen LogP contribution in [0.4, 0.5) is 4.79 Å². The van der Waals surface area contributed by atoms with Crippen LogP contribution < -0.4 is 0 Å². The Labute approximate surface area is 107 Å². The predicted octanol–water partition coefficient (Wildman–Crippen LogP) is 2.42. The summed E-state index contributed by atoms with van der Waals surface area (Å²) in [6.07, 6.45) is 2.90. The summed E-state index contributed by atoms with van der Waals surface area (Å²) < 4.78 is 5.30. The molecular weight excluding hydrogens is 234 g/mol. The molecule has 102 valence electrons. The lowest BCUT2D eigenvalue weighted by Crippen LogP contribution is -2.39. The second kappa shape index (κ2) is 5.42. The van der Waals surface area contributed by atoms with Crippen LogP contribution in [0, 0.1) is 0 Å². The van der Waals surface area contributed by atoms with Gasteiger partial charge in [-0.05, 0) is 40.5 Å². The molecular formula is C13H21NO4. The van der Waals surface area contributed by atoms with Crippen LogP contribution in [0.2, 0.25) is 0 Å². The molecule has 5 heteroatoms. The summed E-state index contributed by atoms with van der Waals surface area (Å²) in [6.45, 7) is 7.59. The maximum absolute atomic E-state index is 11.9. The van der Waals surface area contributed by atoms with E-state index in [9.17, 15) is 9.59 Å². The fourth-order valence-corrected chi connectivity index (χ4v) is 1.87. The highest BCUT2D eigenvalue weighted by Crippen LogP contribution is 2.22. The van der Waals surface area contributed by atoms with E-state index in [1.165, 1.54) is 6.92 Å². The van der Waals surface area contributed by atoms with Crippen molar-refractivity contribution in [2.45, 2.75) is 52.2 Å². The van der Waals surface area contributed by atoms with Gasteiger partial charge in [-0.25, -0.2) is 9.59 Å². The van der Waals surface area contributed by atoms with Gasteiger partial charge < -0.3 is 14.7 Å². The van der Waals surface area contributed by atoms with Gasteiger partial charge in [0, 0.05) is 12.1 Å². The van der Waals surface area contributed by atoms with E-state index in [1.54, 1.807) is 11.0 Å². The summed E-state index contributed by atoms with van der Waals surface area (Å²) in [5.74, 6) is -0.953. The largest absolute Gasteiger partial charge is 0.478 e. The van der Waals surface area contributed by atoms with Crippen LogP contribution in [-0.2, 0) is 9.53 Å². The Bertz CT molecular complexity index is 368. The van der Waals surface area contributed by atoms with E-state index in [4.69, 9.17) is 9.84 Å². The average Bonchev–Trinajstić information content (AvgIpc) is 2.62. The Kier molecular flexibility index (Phi) is 4.38. The number of likely N-dealkylation sites (tertiary alicyclic amines) is 1. The average molecular weight is 255 g/mol. The third kappa shape index (κ3) is 4.05. The van der Waals surface area contributed by atoms with Crippen molar-refractivity contribution >= 4 is 12.1 Å². The van der Waals surface area contributed by atoms with Crippen LogP contribution >= 0.6 is 0 Å². The lowest BCUT2D eigenvalue weighted by molar-refractivity contribution is -0.132. The molecule has 1 saturated heterocycles. The molecule has 1 unspecified atom stereocenters. The number of carboxylic acid groups (broad SMARTS) is 1. The lowest BCUT2D eigenvalue weighted by Gasteiger charge is -2.27. The Morgan fingerprint density at radius 1 is 1.39 bits per heavy atom. The maximum Gasteiger partial charge on any atom is 0.410 e. The van der Waals surface area contributed by atoms with E-state index in [1.807, 2.05) is 20.8 Å². The van der Waals surface area contributed by atoms with Crippen molar-refractivity contribution in [3.05, 3.63) is 11.6 Å². The molecule has 0 aliphatic carbocycles. The highest BCUT2D eigenvalue weighted by Gasteiger charge is 2.31. The van der Waals surface area contributed by atoms with Crippen molar-refractivity contribution in [2.24, 2.45) is 0 Å². The molecule has 0 spiro atoms. The van der Waals surface area contributed by atoms with Crippen LogP contribution in [0.15, 0.2) is 11.6 Å². The van der Waals surface area contributed by atoms with E-state index in [2.05, 4.69) is 0 Å². The van der Waals surface area contributed by atoms with Gasteiger partial charge in [-0.15, -0.1) is 0 Å². The summed E-state index contributed by atoms with van der Waals surface area (Å²) in [6, 6.07) is -0.170. The van der Waals surface area contributed by atoms with Gasteiger partial charge in [-0.3, -0.25) is 0 Å². The van der Waals surface area contributed by atoms with Crippen molar-refractivity contribution in [2.75, 3.05) is 6.54 Å². The third-order valence-corrected chi connectivity index (χ3v) is 2.71. The molecule has 18 heavy (non-hydrogen) atoms. The second-order valence-electron chi connectivity index (χ2n) is 5.54. The van der Waals surface area contributed by atoms with Crippen LogP contribution in [0.3, 0.4) is 0 Å². The summed E-state index contributed by atoms with van der Waals surface area (Å²) in [5.41, 5.74) is -0.272. The van der Waals surface area contributed by atoms with Crippen molar-refractivity contribution < 1.29 is 19.4 Å². The number of carbonyl (C=O) groups excluding carboxylic acids is 1. The monoisotopic (exact) mass is 255 g/mol. The predicted molar refractivity (Wildman–Crippen MR) is 67.4 cm³/mol. The van der Waals surface area contributed by atoms with Gasteiger partial charge in [0.15, 0.2) is 0 Å². The molecule has 1 fully saturated rings. The van der Waals surface area contributed by atoms with Gasteiger partial charge in [0.1, 0.15) is 5.60 Å². The molecule has 0 saturated carbocycles.